The van der Waals surface area contributed by atoms with E-state index in [0.717, 1.165) is 11.3 Å². The van der Waals surface area contributed by atoms with Gasteiger partial charge in [-0.3, -0.25) is 4.98 Å². The molecular formula is C12H11FN2. The molecule has 0 aliphatic rings. The molecule has 76 valence electrons. The predicted molar refractivity (Wildman–Crippen MR) is 57.9 cm³/mol. The number of rotatable bonds is 2. The van der Waals surface area contributed by atoms with Crippen molar-refractivity contribution in [3.63, 3.8) is 0 Å². The van der Waals surface area contributed by atoms with E-state index < -0.39 is 0 Å². The molecule has 0 aliphatic heterocycles. The summed E-state index contributed by atoms with van der Waals surface area (Å²) in [6.07, 6.45) is 2.32. The smallest absolute Gasteiger partial charge is 0.123 e. The van der Waals surface area contributed by atoms with Crippen molar-refractivity contribution in [3.8, 4) is 0 Å². The third kappa shape index (κ3) is 2.53. The fraction of sp³-hybridized carbons (Fsp3) is 0.0833. The van der Waals surface area contributed by atoms with Crippen molar-refractivity contribution in [2.45, 2.75) is 6.42 Å². The first-order valence-electron chi connectivity index (χ1n) is 4.69. The number of nitrogen functional groups attached to an aromatic ring is 1. The molecule has 0 unspecified atom stereocenters. The molecule has 1 aromatic carbocycles. The van der Waals surface area contributed by atoms with Crippen LogP contribution >= 0.6 is 0 Å². The third-order valence-corrected chi connectivity index (χ3v) is 2.15. The summed E-state index contributed by atoms with van der Waals surface area (Å²) in [6.45, 7) is 0. The monoisotopic (exact) mass is 202 g/mol. The largest absolute Gasteiger partial charge is 0.397 e. The van der Waals surface area contributed by atoms with Crippen LogP contribution in [0.4, 0.5) is 10.1 Å². The van der Waals surface area contributed by atoms with Gasteiger partial charge in [-0.2, -0.15) is 0 Å². The van der Waals surface area contributed by atoms with E-state index in [9.17, 15) is 4.39 Å². The number of anilines is 1. The second kappa shape index (κ2) is 4.09. The molecule has 0 amide bonds. The average Bonchev–Trinajstić information content (AvgIpc) is 2.25. The van der Waals surface area contributed by atoms with Crippen LogP contribution in [0, 0.1) is 5.82 Å². The minimum Gasteiger partial charge on any atom is -0.397 e. The van der Waals surface area contributed by atoms with Crippen molar-refractivity contribution >= 4 is 5.69 Å². The molecule has 1 aromatic heterocycles. The van der Waals surface area contributed by atoms with E-state index in [-0.39, 0.29) is 5.82 Å². The first kappa shape index (κ1) is 9.65. The number of pyridine rings is 1. The molecule has 2 rings (SSSR count). The van der Waals surface area contributed by atoms with Crippen molar-refractivity contribution in [3.05, 3.63) is 59.7 Å². The van der Waals surface area contributed by atoms with E-state index in [1.807, 2.05) is 12.1 Å². The maximum Gasteiger partial charge on any atom is 0.123 e. The van der Waals surface area contributed by atoms with Crippen molar-refractivity contribution in [2.24, 2.45) is 0 Å². The van der Waals surface area contributed by atoms with Gasteiger partial charge in [0.2, 0.25) is 0 Å². The molecule has 2 nitrogen and oxygen atoms in total. The molecule has 0 bridgehead atoms. The number of hydrogen-bond acceptors (Lipinski definition) is 2. The zero-order chi connectivity index (χ0) is 10.7. The Morgan fingerprint density at radius 2 is 1.80 bits per heavy atom. The fourth-order valence-corrected chi connectivity index (χ4v) is 1.35. The Morgan fingerprint density at radius 1 is 1.07 bits per heavy atom. The summed E-state index contributed by atoms with van der Waals surface area (Å²) in [7, 11) is 0. The molecule has 0 saturated carbocycles. The van der Waals surface area contributed by atoms with E-state index >= 15 is 0 Å². The maximum absolute atomic E-state index is 12.6. The lowest BCUT2D eigenvalue weighted by atomic mass is 10.1. The molecule has 0 atom stereocenters. The van der Waals surface area contributed by atoms with Crippen molar-refractivity contribution in [1.82, 2.24) is 4.98 Å². The number of benzene rings is 1. The van der Waals surface area contributed by atoms with Gasteiger partial charge in [0, 0.05) is 12.1 Å². The van der Waals surface area contributed by atoms with Gasteiger partial charge in [-0.05, 0) is 29.8 Å². The van der Waals surface area contributed by atoms with Gasteiger partial charge in [0.15, 0.2) is 0 Å². The summed E-state index contributed by atoms with van der Waals surface area (Å²) in [5.74, 6) is -0.219. The highest BCUT2D eigenvalue weighted by molar-refractivity contribution is 5.35. The summed E-state index contributed by atoms with van der Waals surface area (Å²) in [5, 5.41) is 0. The van der Waals surface area contributed by atoms with Crippen LogP contribution in [0.1, 0.15) is 11.3 Å². The van der Waals surface area contributed by atoms with Gasteiger partial charge < -0.3 is 5.73 Å². The number of aromatic nitrogens is 1. The molecule has 3 heteroatoms. The Morgan fingerprint density at radius 3 is 2.40 bits per heavy atom. The van der Waals surface area contributed by atoms with Crippen molar-refractivity contribution < 1.29 is 4.39 Å². The summed E-state index contributed by atoms with van der Waals surface area (Å²) in [5.41, 5.74) is 8.14. The summed E-state index contributed by atoms with van der Waals surface area (Å²) < 4.78 is 12.6. The molecule has 0 radical (unpaired) electrons. The van der Waals surface area contributed by atoms with E-state index in [1.54, 1.807) is 18.3 Å². The van der Waals surface area contributed by atoms with Gasteiger partial charge in [0.1, 0.15) is 5.82 Å². The van der Waals surface area contributed by atoms with Crippen LogP contribution in [0.3, 0.4) is 0 Å². The number of nitrogens with zero attached hydrogens (tertiary/aromatic N) is 1. The molecule has 0 fully saturated rings. The predicted octanol–water partition coefficient (Wildman–Crippen LogP) is 2.39. The Kier molecular flexibility index (Phi) is 2.63. The minimum atomic E-state index is -0.219. The van der Waals surface area contributed by atoms with E-state index in [1.165, 1.54) is 12.1 Å². The summed E-state index contributed by atoms with van der Waals surface area (Å²) >= 11 is 0. The zero-order valence-electron chi connectivity index (χ0n) is 8.15. The number of halogens is 1. The van der Waals surface area contributed by atoms with Crippen LogP contribution in [0.15, 0.2) is 42.6 Å². The van der Waals surface area contributed by atoms with Gasteiger partial charge in [-0.25, -0.2) is 4.39 Å². The van der Waals surface area contributed by atoms with Crippen LogP contribution in [0.25, 0.3) is 0 Å². The Hall–Kier alpha value is -1.90. The molecule has 2 N–H and O–H groups in total. The van der Waals surface area contributed by atoms with Crippen LogP contribution < -0.4 is 5.73 Å². The second-order valence-corrected chi connectivity index (χ2v) is 3.39. The lowest BCUT2D eigenvalue weighted by Gasteiger charge is -2.01. The van der Waals surface area contributed by atoms with E-state index in [2.05, 4.69) is 4.98 Å². The zero-order valence-corrected chi connectivity index (χ0v) is 8.15. The van der Waals surface area contributed by atoms with Crippen LogP contribution in [-0.4, -0.2) is 4.98 Å². The molecular weight excluding hydrogens is 191 g/mol. The Bertz CT molecular complexity index is 391. The van der Waals surface area contributed by atoms with Gasteiger partial charge in [-0.1, -0.05) is 12.1 Å². The van der Waals surface area contributed by atoms with Gasteiger partial charge >= 0.3 is 0 Å². The van der Waals surface area contributed by atoms with E-state index in [4.69, 9.17) is 5.73 Å². The van der Waals surface area contributed by atoms with Gasteiger partial charge in [0.25, 0.3) is 0 Å². The van der Waals surface area contributed by atoms with Crippen LogP contribution in [0.5, 0.6) is 0 Å². The fourth-order valence-electron chi connectivity index (χ4n) is 1.35. The molecule has 1 heterocycles. The molecule has 0 spiro atoms. The van der Waals surface area contributed by atoms with Crippen molar-refractivity contribution in [1.29, 1.82) is 0 Å². The van der Waals surface area contributed by atoms with Crippen LogP contribution in [0.2, 0.25) is 0 Å². The lowest BCUT2D eigenvalue weighted by Crippen LogP contribution is -1.93. The number of hydrogen-bond donors (Lipinski definition) is 1. The lowest BCUT2D eigenvalue weighted by molar-refractivity contribution is 0.627. The minimum absolute atomic E-state index is 0.219. The van der Waals surface area contributed by atoms with Crippen LogP contribution in [-0.2, 0) is 6.42 Å². The summed E-state index contributed by atoms with van der Waals surface area (Å²) in [6, 6.07) is 10.1. The maximum atomic E-state index is 12.6. The standard InChI is InChI=1S/C12H11FN2/c13-10-3-1-9(2-4-10)7-12-6-5-11(14)8-15-12/h1-6,8H,7,14H2. The molecule has 15 heavy (non-hydrogen) atoms. The van der Waals surface area contributed by atoms with Gasteiger partial charge in [-0.15, -0.1) is 0 Å². The average molecular weight is 202 g/mol. The summed E-state index contributed by atoms with van der Waals surface area (Å²) in [4.78, 5) is 4.18. The molecule has 0 aliphatic carbocycles. The van der Waals surface area contributed by atoms with Gasteiger partial charge in [0.05, 0.1) is 11.9 Å². The van der Waals surface area contributed by atoms with E-state index in [0.29, 0.717) is 12.1 Å². The highest BCUT2D eigenvalue weighted by atomic mass is 19.1. The molecule has 2 aromatic rings. The molecule has 0 saturated heterocycles. The normalized spacial score (nSPS) is 10.2. The number of nitrogens with two attached hydrogens (primary N) is 1. The highest BCUT2D eigenvalue weighted by Gasteiger charge is 1.97. The first-order chi connectivity index (χ1) is 7.24. The SMILES string of the molecule is Nc1ccc(Cc2ccc(F)cc2)nc1. The Balaban J connectivity index is 2.15. The highest BCUT2D eigenvalue weighted by Crippen LogP contribution is 2.09. The second-order valence-electron chi connectivity index (χ2n) is 3.39. The van der Waals surface area contributed by atoms with Crippen molar-refractivity contribution in [2.75, 3.05) is 5.73 Å². The Labute approximate surface area is 87.6 Å². The quantitative estimate of drug-likeness (QED) is 0.812. The topological polar surface area (TPSA) is 38.9 Å². The third-order valence-electron chi connectivity index (χ3n) is 2.15. The first-order valence-corrected chi connectivity index (χ1v) is 4.69.